The third-order valence-electron chi connectivity index (χ3n) is 4.50. The number of aliphatic hydroxyl groups excluding tert-OH is 2. The molecule has 1 aliphatic rings. The van der Waals surface area contributed by atoms with Gasteiger partial charge in [-0.1, -0.05) is 39.0 Å². The lowest BCUT2D eigenvalue weighted by atomic mass is 10.1. The molecule has 0 aromatic carbocycles. The summed E-state index contributed by atoms with van der Waals surface area (Å²) in [4.78, 5) is 25.9. The number of carbonyl (C=O) groups excluding carboxylic acids is 2. The van der Waals surface area contributed by atoms with Crippen LogP contribution in [-0.4, -0.2) is 64.3 Å². The number of hydrogen-bond donors (Lipinski definition) is 4. The number of nitrogens with zero attached hydrogens (tertiary/aromatic N) is 1. The largest absolute Gasteiger partial charge is 0.391 e. The summed E-state index contributed by atoms with van der Waals surface area (Å²) < 4.78 is 0. The Kier molecular flexibility index (Phi) is 9.25. The van der Waals surface area contributed by atoms with E-state index in [1.165, 1.54) is 37.5 Å². The molecule has 7 nitrogen and oxygen atoms in total. The van der Waals surface area contributed by atoms with E-state index in [0.717, 1.165) is 12.8 Å². The number of carbonyl (C=O) groups is 2. The van der Waals surface area contributed by atoms with Crippen LogP contribution < -0.4 is 11.1 Å². The first-order valence-electron chi connectivity index (χ1n) is 9.08. The molecule has 1 fully saturated rings. The van der Waals surface area contributed by atoms with Crippen LogP contribution in [0.3, 0.4) is 0 Å². The van der Waals surface area contributed by atoms with Crippen molar-refractivity contribution in [2.45, 2.75) is 83.1 Å². The zero-order chi connectivity index (χ0) is 18.1. The van der Waals surface area contributed by atoms with Gasteiger partial charge in [0.05, 0.1) is 12.2 Å². The number of nitrogens with one attached hydrogen (secondary N) is 1. The highest BCUT2D eigenvalue weighted by atomic mass is 16.3. The third kappa shape index (κ3) is 6.37. The number of β-amino-alcohol motifs (C(OH)–C–C–N with tert-alkyl or cyclic N) is 1. The predicted octanol–water partition coefficient (Wildman–Crippen LogP) is 0.133. The average Bonchev–Trinajstić information content (AvgIpc) is 2.94. The molecule has 1 aliphatic heterocycles. The molecular formula is C17H33N3O4. The fourth-order valence-corrected chi connectivity index (χ4v) is 2.94. The first-order valence-corrected chi connectivity index (χ1v) is 9.08. The van der Waals surface area contributed by atoms with E-state index in [4.69, 9.17) is 5.73 Å². The highest BCUT2D eigenvalue weighted by molar-refractivity contribution is 5.90. The van der Waals surface area contributed by atoms with Gasteiger partial charge in [0.2, 0.25) is 11.8 Å². The van der Waals surface area contributed by atoms with Gasteiger partial charge >= 0.3 is 0 Å². The first-order chi connectivity index (χ1) is 11.4. The van der Waals surface area contributed by atoms with Gasteiger partial charge in [-0.15, -0.1) is 0 Å². The Balaban J connectivity index is 2.42. The number of amides is 2. The number of nitrogens with two attached hydrogens (primary N) is 1. The molecule has 5 N–H and O–H groups in total. The highest BCUT2D eigenvalue weighted by Crippen LogP contribution is 2.19. The topological polar surface area (TPSA) is 116 Å². The average molecular weight is 343 g/mol. The number of unbranched alkanes of at least 4 members (excludes halogenated alkanes) is 5. The van der Waals surface area contributed by atoms with Crippen LogP contribution in [0.5, 0.6) is 0 Å². The molecule has 0 bridgehead atoms. The van der Waals surface area contributed by atoms with Gasteiger partial charge in [0.25, 0.3) is 0 Å². The molecule has 1 rings (SSSR count). The van der Waals surface area contributed by atoms with Crippen LogP contribution in [-0.2, 0) is 9.59 Å². The molecule has 0 unspecified atom stereocenters. The van der Waals surface area contributed by atoms with Gasteiger partial charge < -0.3 is 26.2 Å². The van der Waals surface area contributed by atoms with E-state index < -0.39 is 30.2 Å². The monoisotopic (exact) mass is 343 g/mol. The number of aliphatic hydroxyl groups is 2. The van der Waals surface area contributed by atoms with Crippen molar-refractivity contribution in [3.8, 4) is 0 Å². The van der Waals surface area contributed by atoms with Gasteiger partial charge in [0.1, 0.15) is 12.1 Å². The van der Waals surface area contributed by atoms with Crippen LogP contribution in [0.15, 0.2) is 0 Å². The summed E-state index contributed by atoms with van der Waals surface area (Å²) in [5, 5.41) is 22.1. The zero-order valence-electron chi connectivity index (χ0n) is 14.9. The minimum Gasteiger partial charge on any atom is -0.391 e. The molecular weight excluding hydrogens is 310 g/mol. The minimum atomic E-state index is -1.08. The van der Waals surface area contributed by atoms with E-state index in [1.54, 1.807) is 0 Å². The Morgan fingerprint density at radius 1 is 1.25 bits per heavy atom. The Labute approximate surface area is 144 Å². The van der Waals surface area contributed by atoms with E-state index in [-0.39, 0.29) is 18.9 Å². The first kappa shape index (κ1) is 20.9. The summed E-state index contributed by atoms with van der Waals surface area (Å²) in [5.74, 6) is -0.757. The summed E-state index contributed by atoms with van der Waals surface area (Å²) in [6.45, 7) is 4.26. The molecule has 0 aliphatic carbocycles. The van der Waals surface area contributed by atoms with Crippen molar-refractivity contribution in [1.29, 1.82) is 0 Å². The number of rotatable bonds is 10. The van der Waals surface area contributed by atoms with Crippen molar-refractivity contribution in [2.75, 3.05) is 13.1 Å². The smallest absolute Gasteiger partial charge is 0.242 e. The van der Waals surface area contributed by atoms with Crippen molar-refractivity contribution in [1.82, 2.24) is 10.2 Å². The maximum Gasteiger partial charge on any atom is 0.242 e. The van der Waals surface area contributed by atoms with E-state index in [1.807, 2.05) is 0 Å². The van der Waals surface area contributed by atoms with Crippen molar-refractivity contribution in [2.24, 2.45) is 5.73 Å². The van der Waals surface area contributed by atoms with Gasteiger partial charge in [-0.2, -0.15) is 0 Å². The summed E-state index contributed by atoms with van der Waals surface area (Å²) in [7, 11) is 0. The summed E-state index contributed by atoms with van der Waals surface area (Å²) in [5.41, 5.74) is 5.67. The maximum atomic E-state index is 12.3. The van der Waals surface area contributed by atoms with Gasteiger partial charge in [-0.25, -0.2) is 0 Å². The molecule has 0 radical (unpaired) electrons. The van der Waals surface area contributed by atoms with Crippen LogP contribution in [0.2, 0.25) is 0 Å². The Bertz CT molecular complexity index is 403. The molecule has 1 heterocycles. The van der Waals surface area contributed by atoms with Gasteiger partial charge in [0.15, 0.2) is 0 Å². The second kappa shape index (κ2) is 10.6. The number of likely N-dealkylation sites (tertiary alicyclic amines) is 1. The molecule has 1 saturated heterocycles. The van der Waals surface area contributed by atoms with Gasteiger partial charge in [-0.05, 0) is 13.3 Å². The lowest BCUT2D eigenvalue weighted by molar-refractivity contribution is -0.141. The highest BCUT2D eigenvalue weighted by Gasteiger charge is 2.40. The fraction of sp³-hybridized carbons (Fsp3) is 0.882. The minimum absolute atomic E-state index is 0.0777. The van der Waals surface area contributed by atoms with Crippen LogP contribution >= 0.6 is 0 Å². The summed E-state index contributed by atoms with van der Waals surface area (Å²) >= 11 is 0. The van der Waals surface area contributed by atoms with Gasteiger partial charge in [0, 0.05) is 19.5 Å². The molecule has 24 heavy (non-hydrogen) atoms. The lowest BCUT2D eigenvalue weighted by Gasteiger charge is -2.27. The predicted molar refractivity (Wildman–Crippen MR) is 92.2 cm³/mol. The van der Waals surface area contributed by atoms with E-state index in [2.05, 4.69) is 12.2 Å². The molecule has 7 heteroatoms. The lowest BCUT2D eigenvalue weighted by Crippen LogP contribution is -2.54. The third-order valence-corrected chi connectivity index (χ3v) is 4.50. The summed E-state index contributed by atoms with van der Waals surface area (Å²) in [6.07, 6.45) is 5.29. The Morgan fingerprint density at radius 2 is 1.88 bits per heavy atom. The Morgan fingerprint density at radius 3 is 2.50 bits per heavy atom. The Hall–Kier alpha value is -1.18. The van der Waals surface area contributed by atoms with E-state index in [9.17, 15) is 19.8 Å². The number of hydrogen-bond acceptors (Lipinski definition) is 5. The second-order valence-corrected chi connectivity index (χ2v) is 6.72. The summed E-state index contributed by atoms with van der Waals surface area (Å²) in [6, 6.07) is -1.79. The molecule has 2 amide bonds. The molecule has 0 aromatic rings. The van der Waals surface area contributed by atoms with Gasteiger partial charge in [-0.3, -0.25) is 9.59 Å². The van der Waals surface area contributed by atoms with Crippen LogP contribution in [0.25, 0.3) is 0 Å². The second-order valence-electron chi connectivity index (χ2n) is 6.72. The quantitative estimate of drug-likeness (QED) is 0.421. The zero-order valence-corrected chi connectivity index (χ0v) is 14.9. The van der Waals surface area contributed by atoms with Crippen LogP contribution in [0.1, 0.15) is 58.8 Å². The van der Waals surface area contributed by atoms with Crippen LogP contribution in [0.4, 0.5) is 0 Å². The standard InChI is InChI=1S/C17H33N3O4/c1-3-4-5-6-7-8-9-19-16(23)14-10-13(22)11-20(14)17(24)15(18)12(2)21/h12-15,21-22H,3-11,18H2,1-2H3,(H,19,23)/t12-,13-,14+,15+/m1/s1. The SMILES string of the molecule is CCCCCCCCNC(=O)[C@@H]1C[C@@H](O)CN1C(=O)[C@@H](N)[C@@H](C)O. The van der Waals surface area contributed by atoms with E-state index in [0.29, 0.717) is 6.54 Å². The van der Waals surface area contributed by atoms with E-state index >= 15 is 0 Å². The molecule has 4 atom stereocenters. The van der Waals surface area contributed by atoms with Crippen molar-refractivity contribution >= 4 is 11.8 Å². The normalized spacial score (nSPS) is 23.1. The van der Waals surface area contributed by atoms with Crippen molar-refractivity contribution in [3.63, 3.8) is 0 Å². The van der Waals surface area contributed by atoms with Crippen molar-refractivity contribution in [3.05, 3.63) is 0 Å². The van der Waals surface area contributed by atoms with Crippen LogP contribution in [0, 0.1) is 0 Å². The maximum absolute atomic E-state index is 12.3. The molecule has 0 saturated carbocycles. The molecule has 0 aromatic heterocycles. The molecule has 0 spiro atoms. The fourth-order valence-electron chi connectivity index (χ4n) is 2.94. The molecule has 140 valence electrons. The van der Waals surface area contributed by atoms with Crippen molar-refractivity contribution < 1.29 is 19.8 Å².